The summed E-state index contributed by atoms with van der Waals surface area (Å²) in [5.41, 5.74) is 2.92. The van der Waals surface area contributed by atoms with Gasteiger partial charge in [0, 0.05) is 27.8 Å². The van der Waals surface area contributed by atoms with Crippen LogP contribution in [0.25, 0.3) is 22.5 Å². The molecule has 2 heterocycles. The molecule has 1 unspecified atom stereocenters. The molecule has 1 fully saturated rings. The third-order valence-electron chi connectivity index (χ3n) is 4.63. The van der Waals surface area contributed by atoms with E-state index in [4.69, 9.17) is 32.7 Å². The van der Waals surface area contributed by atoms with Crippen molar-refractivity contribution in [1.82, 2.24) is 9.97 Å². The number of hydrogen-bond donors (Lipinski definition) is 0. The molecule has 0 spiro atoms. The summed E-state index contributed by atoms with van der Waals surface area (Å²) < 4.78 is 11.4. The molecule has 4 rings (SSSR count). The van der Waals surface area contributed by atoms with E-state index in [1.807, 2.05) is 24.3 Å². The average Bonchev–Trinajstić information content (AvgIpc) is 3.26. The number of ether oxygens (including phenoxy) is 2. The molecule has 1 aliphatic heterocycles. The first-order chi connectivity index (χ1) is 14.1. The highest BCUT2D eigenvalue weighted by Gasteiger charge is 2.21. The lowest BCUT2D eigenvalue weighted by Crippen LogP contribution is -2.17. The second kappa shape index (κ2) is 8.79. The minimum Gasteiger partial charge on any atom is -0.473 e. The Morgan fingerprint density at radius 3 is 2.07 bits per heavy atom. The van der Waals surface area contributed by atoms with Gasteiger partial charge < -0.3 is 9.47 Å². The zero-order valence-corrected chi connectivity index (χ0v) is 17.0. The molecular formula is C22H17Cl2N3O2. The molecule has 0 N–H and O–H groups in total. The van der Waals surface area contributed by atoms with Gasteiger partial charge in [-0.3, -0.25) is 0 Å². The fraction of sp³-hybridized carbons (Fsp3) is 0.227. The predicted octanol–water partition coefficient (Wildman–Crippen LogP) is 5.55. The molecule has 0 amide bonds. The Hall–Kier alpha value is -2.65. The van der Waals surface area contributed by atoms with Gasteiger partial charge in [0.05, 0.1) is 11.8 Å². The second-order valence-electron chi connectivity index (χ2n) is 6.65. The van der Waals surface area contributed by atoms with Crippen LogP contribution in [0.2, 0.25) is 10.0 Å². The summed E-state index contributed by atoms with van der Waals surface area (Å²) in [7, 11) is 0. The van der Waals surface area contributed by atoms with Gasteiger partial charge in [0.2, 0.25) is 5.69 Å². The van der Waals surface area contributed by atoms with Crippen molar-refractivity contribution >= 4 is 23.2 Å². The van der Waals surface area contributed by atoms with E-state index in [2.05, 4.69) is 16.0 Å². The van der Waals surface area contributed by atoms with Gasteiger partial charge in [-0.05, 0) is 37.1 Å². The number of halogens is 2. The van der Waals surface area contributed by atoms with Gasteiger partial charge in [0.15, 0.2) is 0 Å². The molecule has 1 aliphatic rings. The van der Waals surface area contributed by atoms with E-state index in [1.54, 1.807) is 24.3 Å². The van der Waals surface area contributed by atoms with Crippen molar-refractivity contribution < 1.29 is 9.47 Å². The van der Waals surface area contributed by atoms with E-state index in [0.29, 0.717) is 28.0 Å². The fourth-order valence-corrected chi connectivity index (χ4v) is 3.41. The summed E-state index contributed by atoms with van der Waals surface area (Å²) in [4.78, 5) is 9.23. The lowest BCUT2D eigenvalue weighted by atomic mass is 10.0. The molecular weight excluding hydrogens is 409 g/mol. The first kappa shape index (κ1) is 19.7. The van der Waals surface area contributed by atoms with E-state index in [0.717, 1.165) is 30.6 Å². The Kier molecular flexibility index (Phi) is 5.96. The van der Waals surface area contributed by atoms with Crippen molar-refractivity contribution in [2.24, 2.45) is 0 Å². The van der Waals surface area contributed by atoms with Crippen molar-refractivity contribution in [2.75, 3.05) is 13.2 Å². The van der Waals surface area contributed by atoms with E-state index >= 15 is 0 Å². The van der Waals surface area contributed by atoms with Crippen molar-refractivity contribution in [1.29, 1.82) is 5.26 Å². The first-order valence-electron chi connectivity index (χ1n) is 9.22. The highest BCUT2D eigenvalue weighted by atomic mass is 35.5. The lowest BCUT2D eigenvalue weighted by Gasteiger charge is -2.15. The molecule has 5 nitrogen and oxygen atoms in total. The maximum Gasteiger partial charge on any atom is 0.251 e. The van der Waals surface area contributed by atoms with Crippen LogP contribution in [-0.2, 0) is 4.74 Å². The van der Waals surface area contributed by atoms with Crippen LogP contribution in [0.1, 0.15) is 18.5 Å². The number of rotatable bonds is 5. The quantitative estimate of drug-likeness (QED) is 0.535. The Labute approximate surface area is 178 Å². The maximum absolute atomic E-state index is 9.62. The smallest absolute Gasteiger partial charge is 0.251 e. The van der Waals surface area contributed by atoms with Gasteiger partial charge >= 0.3 is 0 Å². The second-order valence-corrected chi connectivity index (χ2v) is 7.52. The van der Waals surface area contributed by atoms with Gasteiger partial charge in [0.25, 0.3) is 5.88 Å². The monoisotopic (exact) mass is 425 g/mol. The molecule has 7 heteroatoms. The number of nitriles is 1. The molecule has 0 radical (unpaired) electrons. The summed E-state index contributed by atoms with van der Waals surface area (Å²) in [6.07, 6.45) is 1.96. The number of nitrogens with zero attached hydrogens (tertiary/aromatic N) is 3. The minimum atomic E-state index is 0.0123. The summed E-state index contributed by atoms with van der Waals surface area (Å²) >= 11 is 12.1. The first-order valence-corrected chi connectivity index (χ1v) is 9.98. The van der Waals surface area contributed by atoms with Crippen molar-refractivity contribution in [3.63, 3.8) is 0 Å². The zero-order valence-electron chi connectivity index (χ0n) is 15.4. The normalized spacial score (nSPS) is 15.8. The Balaban J connectivity index is 1.79. The van der Waals surface area contributed by atoms with E-state index in [9.17, 15) is 5.26 Å². The van der Waals surface area contributed by atoms with Gasteiger partial charge in [-0.1, -0.05) is 47.5 Å². The summed E-state index contributed by atoms with van der Waals surface area (Å²) in [5.74, 6) is 0.200. The van der Waals surface area contributed by atoms with E-state index in [1.165, 1.54) is 0 Å². The average molecular weight is 426 g/mol. The molecule has 1 aromatic heterocycles. The van der Waals surface area contributed by atoms with Crippen molar-refractivity contribution in [3.8, 4) is 34.5 Å². The molecule has 0 bridgehead atoms. The summed E-state index contributed by atoms with van der Waals surface area (Å²) in [6, 6.07) is 16.6. The van der Waals surface area contributed by atoms with Gasteiger partial charge in [-0.25, -0.2) is 9.97 Å². The molecule has 0 saturated carbocycles. The van der Waals surface area contributed by atoms with Crippen LogP contribution in [0.15, 0.2) is 48.5 Å². The number of hydrogen-bond acceptors (Lipinski definition) is 5. The van der Waals surface area contributed by atoms with Gasteiger partial charge in [0.1, 0.15) is 18.4 Å². The largest absolute Gasteiger partial charge is 0.473 e. The standard InChI is InChI=1S/C22H17Cl2N3O2/c23-16-7-3-14(4-8-16)20-21(15-5-9-17(24)10-6-15)27-22(19(12-25)26-20)29-13-18-2-1-11-28-18/h3-10,18H,1-2,11,13H2. The maximum atomic E-state index is 9.62. The van der Waals surface area contributed by atoms with Crippen molar-refractivity contribution in [2.45, 2.75) is 18.9 Å². The number of benzene rings is 2. The van der Waals surface area contributed by atoms with Crippen LogP contribution in [0.5, 0.6) is 5.88 Å². The Morgan fingerprint density at radius 2 is 1.55 bits per heavy atom. The third kappa shape index (κ3) is 4.51. The Bertz CT molecular complexity index is 1040. The van der Waals surface area contributed by atoms with Crippen LogP contribution in [0.3, 0.4) is 0 Å². The zero-order chi connectivity index (χ0) is 20.2. The predicted molar refractivity (Wildman–Crippen MR) is 112 cm³/mol. The van der Waals surface area contributed by atoms with Gasteiger partial charge in [-0.15, -0.1) is 0 Å². The number of aromatic nitrogens is 2. The van der Waals surface area contributed by atoms with Crippen molar-refractivity contribution in [3.05, 3.63) is 64.3 Å². The molecule has 29 heavy (non-hydrogen) atoms. The lowest BCUT2D eigenvalue weighted by molar-refractivity contribution is 0.0661. The SMILES string of the molecule is N#Cc1nc(-c2ccc(Cl)cc2)c(-c2ccc(Cl)cc2)nc1OCC1CCCO1. The molecule has 146 valence electrons. The molecule has 3 aromatic rings. The third-order valence-corrected chi connectivity index (χ3v) is 5.14. The van der Waals surface area contributed by atoms with Crippen LogP contribution >= 0.6 is 23.2 Å². The highest BCUT2D eigenvalue weighted by Crippen LogP contribution is 2.33. The molecule has 1 atom stereocenters. The van der Waals surface area contributed by atoms with E-state index < -0.39 is 0 Å². The minimum absolute atomic E-state index is 0.0123. The molecule has 2 aromatic carbocycles. The molecule has 1 saturated heterocycles. The highest BCUT2D eigenvalue weighted by molar-refractivity contribution is 6.31. The topological polar surface area (TPSA) is 68.0 Å². The molecule has 0 aliphatic carbocycles. The van der Waals surface area contributed by atoms with Crippen LogP contribution in [-0.4, -0.2) is 29.3 Å². The summed E-state index contributed by atoms with van der Waals surface area (Å²) in [6.45, 7) is 1.07. The van der Waals surface area contributed by atoms with E-state index in [-0.39, 0.29) is 17.7 Å². The Morgan fingerprint density at radius 1 is 0.966 bits per heavy atom. The van der Waals surface area contributed by atoms with Crippen LogP contribution in [0.4, 0.5) is 0 Å². The van der Waals surface area contributed by atoms with Gasteiger partial charge in [-0.2, -0.15) is 5.26 Å². The van der Waals surface area contributed by atoms with Crippen LogP contribution < -0.4 is 4.74 Å². The summed E-state index contributed by atoms with van der Waals surface area (Å²) in [5, 5.41) is 10.9. The van der Waals surface area contributed by atoms with Crippen LogP contribution in [0, 0.1) is 11.3 Å². The fourth-order valence-electron chi connectivity index (χ4n) is 3.16.